The van der Waals surface area contributed by atoms with Crippen LogP contribution in [-0.4, -0.2) is 18.5 Å². The van der Waals surface area contributed by atoms with Crippen LogP contribution in [0.25, 0.3) is 0 Å². The van der Waals surface area contributed by atoms with Crippen molar-refractivity contribution in [2.45, 2.75) is 51.0 Å². The first-order valence-electron chi connectivity index (χ1n) is 7.12. The summed E-state index contributed by atoms with van der Waals surface area (Å²) in [5.74, 6) is 0.119. The molecule has 0 spiro atoms. The zero-order chi connectivity index (χ0) is 13.9. The average molecular weight is 260 g/mol. The van der Waals surface area contributed by atoms with Crippen LogP contribution in [0.5, 0.6) is 0 Å². The van der Waals surface area contributed by atoms with Crippen LogP contribution in [0.2, 0.25) is 0 Å². The van der Waals surface area contributed by atoms with E-state index in [1.54, 1.807) is 4.90 Å². The van der Waals surface area contributed by atoms with Crippen LogP contribution in [0.4, 0.5) is 5.69 Å². The van der Waals surface area contributed by atoms with Crippen molar-refractivity contribution in [2.75, 3.05) is 11.9 Å². The fraction of sp³-hybridized carbons (Fsp3) is 0.562. The molecule has 0 saturated heterocycles. The Morgan fingerprint density at radius 2 is 1.79 bits per heavy atom. The molecule has 1 aromatic carbocycles. The molecule has 1 aromatic rings. The second-order valence-corrected chi connectivity index (χ2v) is 5.89. The number of rotatable bonds is 3. The maximum absolute atomic E-state index is 12.3. The van der Waals surface area contributed by atoms with Crippen LogP contribution in [0.1, 0.15) is 44.1 Å². The number of amides is 1. The molecule has 0 heterocycles. The largest absolute Gasteiger partial charge is 0.325 e. The van der Waals surface area contributed by atoms with Gasteiger partial charge in [-0.3, -0.25) is 4.79 Å². The van der Waals surface area contributed by atoms with E-state index in [1.165, 1.54) is 12.0 Å². The first-order valence-corrected chi connectivity index (χ1v) is 7.12. The number of aryl methyl sites for hydroxylation is 1. The monoisotopic (exact) mass is 260 g/mol. The highest BCUT2D eigenvalue weighted by Gasteiger charge is 2.31. The molecule has 0 aromatic heterocycles. The summed E-state index contributed by atoms with van der Waals surface area (Å²) in [7, 11) is 1.83. The lowest BCUT2D eigenvalue weighted by atomic mass is 9.80. The molecule has 2 rings (SSSR count). The molecule has 3 nitrogen and oxygen atoms in total. The molecule has 0 unspecified atom stereocenters. The number of hydrogen-bond donors (Lipinski definition) is 1. The molecule has 1 amide bonds. The van der Waals surface area contributed by atoms with Gasteiger partial charge in [-0.05, 0) is 31.9 Å². The molecular weight excluding hydrogens is 236 g/mol. The first-order chi connectivity index (χ1) is 9.00. The Hall–Kier alpha value is -1.35. The van der Waals surface area contributed by atoms with Gasteiger partial charge < -0.3 is 10.6 Å². The first kappa shape index (κ1) is 14.1. The fourth-order valence-corrected chi connectivity index (χ4v) is 2.76. The predicted octanol–water partition coefficient (Wildman–Crippen LogP) is 3.01. The summed E-state index contributed by atoms with van der Waals surface area (Å²) >= 11 is 0. The van der Waals surface area contributed by atoms with Crippen LogP contribution in [0.15, 0.2) is 24.3 Å². The van der Waals surface area contributed by atoms with Crippen molar-refractivity contribution in [3.63, 3.8) is 0 Å². The predicted molar refractivity (Wildman–Crippen MR) is 79.2 cm³/mol. The second kappa shape index (κ2) is 5.74. The molecule has 1 aliphatic carbocycles. The highest BCUT2D eigenvalue weighted by atomic mass is 16.2. The van der Waals surface area contributed by atoms with Crippen molar-refractivity contribution in [2.24, 2.45) is 5.73 Å². The Morgan fingerprint density at radius 1 is 1.21 bits per heavy atom. The SMILES string of the molecule is Cc1ccc(N(C)C(=O)CC2(N)CCCCC2)cc1. The van der Waals surface area contributed by atoms with Gasteiger partial charge in [0.2, 0.25) is 5.91 Å². The van der Waals surface area contributed by atoms with Crippen molar-refractivity contribution >= 4 is 11.6 Å². The molecule has 0 aliphatic heterocycles. The van der Waals surface area contributed by atoms with Gasteiger partial charge in [-0.2, -0.15) is 0 Å². The van der Waals surface area contributed by atoms with Crippen LogP contribution in [0, 0.1) is 6.92 Å². The zero-order valence-electron chi connectivity index (χ0n) is 12.0. The highest BCUT2D eigenvalue weighted by Crippen LogP contribution is 2.29. The quantitative estimate of drug-likeness (QED) is 0.908. The summed E-state index contributed by atoms with van der Waals surface area (Å²) < 4.78 is 0. The Balaban J connectivity index is 2.00. The molecule has 2 N–H and O–H groups in total. The lowest BCUT2D eigenvalue weighted by molar-refractivity contribution is -0.119. The van der Waals surface area contributed by atoms with E-state index in [-0.39, 0.29) is 11.4 Å². The van der Waals surface area contributed by atoms with E-state index in [0.29, 0.717) is 6.42 Å². The normalized spacial score (nSPS) is 18.1. The number of nitrogens with two attached hydrogens (primary N) is 1. The molecule has 3 heteroatoms. The van der Waals surface area contributed by atoms with Gasteiger partial charge in [0.25, 0.3) is 0 Å². The maximum Gasteiger partial charge on any atom is 0.228 e. The van der Waals surface area contributed by atoms with Gasteiger partial charge in [0, 0.05) is 24.7 Å². The number of anilines is 1. The van der Waals surface area contributed by atoms with E-state index >= 15 is 0 Å². The molecule has 0 radical (unpaired) electrons. The molecule has 104 valence electrons. The standard InChI is InChI=1S/C16H24N2O/c1-13-6-8-14(9-7-13)18(2)15(19)12-16(17)10-4-3-5-11-16/h6-9H,3-5,10-12,17H2,1-2H3. The minimum atomic E-state index is -0.283. The van der Waals surface area contributed by atoms with Gasteiger partial charge in [-0.1, -0.05) is 37.0 Å². The molecule has 1 fully saturated rings. The lowest BCUT2D eigenvalue weighted by Crippen LogP contribution is -2.46. The van der Waals surface area contributed by atoms with Crippen molar-refractivity contribution in [1.29, 1.82) is 0 Å². The summed E-state index contributed by atoms with van der Waals surface area (Å²) in [6.45, 7) is 2.04. The van der Waals surface area contributed by atoms with Crippen molar-refractivity contribution in [3.05, 3.63) is 29.8 Å². The van der Waals surface area contributed by atoms with E-state index in [9.17, 15) is 4.79 Å². The molecule has 1 saturated carbocycles. The van der Waals surface area contributed by atoms with Gasteiger partial charge >= 0.3 is 0 Å². The van der Waals surface area contributed by atoms with Crippen molar-refractivity contribution < 1.29 is 4.79 Å². The van der Waals surface area contributed by atoms with Crippen LogP contribution in [-0.2, 0) is 4.79 Å². The lowest BCUT2D eigenvalue weighted by Gasteiger charge is -2.34. The Kier molecular flexibility index (Phi) is 4.25. The molecular formula is C16H24N2O. The Labute approximate surface area is 115 Å². The number of carbonyl (C=O) groups excluding carboxylic acids is 1. The van der Waals surface area contributed by atoms with E-state index in [2.05, 4.69) is 0 Å². The number of carbonyl (C=O) groups is 1. The molecule has 1 aliphatic rings. The van der Waals surface area contributed by atoms with Gasteiger partial charge in [0.1, 0.15) is 0 Å². The number of hydrogen-bond acceptors (Lipinski definition) is 2. The summed E-state index contributed by atoms with van der Waals surface area (Å²) in [5.41, 5.74) is 8.21. The van der Waals surface area contributed by atoms with Crippen LogP contribution >= 0.6 is 0 Å². The molecule has 0 bridgehead atoms. The van der Waals surface area contributed by atoms with E-state index in [1.807, 2.05) is 38.2 Å². The fourth-order valence-electron chi connectivity index (χ4n) is 2.76. The van der Waals surface area contributed by atoms with Gasteiger partial charge in [-0.15, -0.1) is 0 Å². The topological polar surface area (TPSA) is 46.3 Å². The van der Waals surface area contributed by atoms with E-state index in [4.69, 9.17) is 5.73 Å². The third-order valence-corrected chi connectivity index (χ3v) is 4.15. The summed E-state index contributed by atoms with van der Waals surface area (Å²) in [4.78, 5) is 14.1. The number of nitrogens with zero attached hydrogens (tertiary/aromatic N) is 1. The number of benzene rings is 1. The molecule has 0 atom stereocenters. The third-order valence-electron chi connectivity index (χ3n) is 4.15. The summed E-state index contributed by atoms with van der Waals surface area (Å²) in [6, 6.07) is 8.02. The second-order valence-electron chi connectivity index (χ2n) is 5.89. The third kappa shape index (κ3) is 3.57. The van der Waals surface area contributed by atoms with Gasteiger partial charge in [0.15, 0.2) is 0 Å². The Bertz CT molecular complexity index is 433. The van der Waals surface area contributed by atoms with Crippen molar-refractivity contribution in [1.82, 2.24) is 0 Å². The highest BCUT2D eigenvalue weighted by molar-refractivity contribution is 5.93. The summed E-state index contributed by atoms with van der Waals surface area (Å²) in [5, 5.41) is 0. The van der Waals surface area contributed by atoms with Crippen molar-refractivity contribution in [3.8, 4) is 0 Å². The smallest absolute Gasteiger partial charge is 0.228 e. The maximum atomic E-state index is 12.3. The molecule has 19 heavy (non-hydrogen) atoms. The van der Waals surface area contributed by atoms with E-state index in [0.717, 1.165) is 31.4 Å². The van der Waals surface area contributed by atoms with Gasteiger partial charge in [0.05, 0.1) is 0 Å². The minimum Gasteiger partial charge on any atom is -0.325 e. The Morgan fingerprint density at radius 3 is 2.37 bits per heavy atom. The zero-order valence-corrected chi connectivity index (χ0v) is 12.0. The van der Waals surface area contributed by atoms with Gasteiger partial charge in [-0.25, -0.2) is 0 Å². The minimum absolute atomic E-state index is 0.119. The van der Waals surface area contributed by atoms with Crippen LogP contribution < -0.4 is 10.6 Å². The summed E-state index contributed by atoms with van der Waals surface area (Å²) in [6.07, 6.45) is 5.95. The van der Waals surface area contributed by atoms with Crippen LogP contribution in [0.3, 0.4) is 0 Å². The average Bonchev–Trinajstić information content (AvgIpc) is 2.39. The van der Waals surface area contributed by atoms with E-state index < -0.39 is 0 Å².